The standard InChI is InChI=1S/C43H61N13O8/c1-24(2)14-15-31-39(61)52-29(12-7-17-49-43(44)45)37(59)51-30(11-6-16-48-36(58)33-23-46-18-19-47-33)38(60)54-32(21-26-22-50-28-10-5-4-9-27(26)28)42(64)56-20-8-13-34(56)40(62)55-35(25(3)57)41(63)53-31/h4-5,9-10,18-19,22-25,29-32,34-35,50,57H,6-8,11-17,20-21H2,1-3H3,(H,48,58)(H,51,59)(H,52,61)(H,53,63)(H,54,60)(H,55,62)(H4,44,45,49)/t25-,29-,30+,31+,32+,34-,35+/m1/s1. The molecule has 1 aromatic carbocycles. The molecule has 7 amide bonds. The Balaban J connectivity index is 1.53. The van der Waals surface area contributed by atoms with Crippen LogP contribution >= 0.6 is 0 Å². The van der Waals surface area contributed by atoms with Crippen LogP contribution in [0.15, 0.2) is 54.0 Å². The van der Waals surface area contributed by atoms with E-state index in [2.05, 4.69) is 51.8 Å². The minimum atomic E-state index is -1.51. The molecule has 0 bridgehead atoms. The molecule has 7 atom stereocenters. The lowest BCUT2D eigenvalue weighted by Crippen LogP contribution is -2.62. The maximum absolute atomic E-state index is 14.7. The van der Waals surface area contributed by atoms with Crippen LogP contribution in [0.1, 0.15) is 88.2 Å². The van der Waals surface area contributed by atoms with Gasteiger partial charge in [0.25, 0.3) is 5.91 Å². The zero-order valence-corrected chi connectivity index (χ0v) is 36.5. The number of aliphatic hydroxyl groups excluding tert-OH is 1. The summed E-state index contributed by atoms with van der Waals surface area (Å²) in [4.78, 5) is 115. The molecule has 5 rings (SSSR count). The topological polar surface area (TPSA) is 321 Å². The van der Waals surface area contributed by atoms with Crippen LogP contribution in [-0.2, 0) is 35.2 Å². The fourth-order valence-corrected chi connectivity index (χ4v) is 7.78. The third-order valence-electron chi connectivity index (χ3n) is 11.2. The van der Waals surface area contributed by atoms with Crippen molar-refractivity contribution in [2.45, 2.75) is 121 Å². The van der Waals surface area contributed by atoms with Crippen molar-refractivity contribution in [2.75, 3.05) is 19.6 Å². The van der Waals surface area contributed by atoms with Crippen molar-refractivity contribution < 1.29 is 38.7 Å². The number of benzene rings is 1. The first-order chi connectivity index (χ1) is 30.6. The summed E-state index contributed by atoms with van der Waals surface area (Å²) in [5, 5.41) is 28.0. The lowest BCUT2D eigenvalue weighted by molar-refractivity contribution is -0.143. The number of para-hydroxylation sites is 1. The summed E-state index contributed by atoms with van der Waals surface area (Å²) in [6.07, 6.45) is 6.11. The highest BCUT2D eigenvalue weighted by atomic mass is 16.3. The SMILES string of the molecule is CC(C)CC[C@@H]1NC(=O)[C@H]([C@@H](C)O)NC(=O)[C@H]2CCCN2C(=O)[C@H](Cc2c[nH]c3ccccc23)NC(=O)[C@H](CCCNC(=O)c2cnccn2)NC(=O)[C@@H](CCCN=C(N)N)NC1=O. The molecule has 2 aliphatic rings. The molecule has 64 heavy (non-hydrogen) atoms. The van der Waals surface area contributed by atoms with Gasteiger partial charge in [0.2, 0.25) is 35.4 Å². The molecule has 2 aliphatic heterocycles. The smallest absolute Gasteiger partial charge is 0.271 e. The molecule has 0 spiro atoms. The number of guanidine groups is 1. The Labute approximate surface area is 371 Å². The van der Waals surface area contributed by atoms with Gasteiger partial charge in [-0.1, -0.05) is 32.0 Å². The molecule has 2 saturated heterocycles. The Morgan fingerprint density at radius 2 is 1.52 bits per heavy atom. The monoisotopic (exact) mass is 887 g/mol. The summed E-state index contributed by atoms with van der Waals surface area (Å²) in [5.41, 5.74) is 12.6. The van der Waals surface area contributed by atoms with Crippen LogP contribution in [0.25, 0.3) is 10.9 Å². The number of nitrogens with one attached hydrogen (secondary N) is 7. The molecular weight excluding hydrogens is 827 g/mol. The number of nitrogens with two attached hydrogens (primary N) is 2. The number of rotatable bonds is 15. The van der Waals surface area contributed by atoms with E-state index < -0.39 is 83.7 Å². The van der Waals surface area contributed by atoms with Crippen LogP contribution < -0.4 is 43.4 Å². The van der Waals surface area contributed by atoms with Gasteiger partial charge in [-0.3, -0.25) is 43.5 Å². The molecule has 0 unspecified atom stereocenters. The van der Waals surface area contributed by atoms with E-state index in [0.29, 0.717) is 18.4 Å². The number of aromatic amines is 1. The highest BCUT2D eigenvalue weighted by Crippen LogP contribution is 2.24. The zero-order valence-electron chi connectivity index (χ0n) is 36.5. The number of amides is 7. The summed E-state index contributed by atoms with van der Waals surface area (Å²) in [7, 11) is 0. The molecular formula is C43H61N13O8. The number of hydrogen-bond acceptors (Lipinski definition) is 11. The van der Waals surface area contributed by atoms with Gasteiger partial charge in [0.15, 0.2) is 5.96 Å². The average Bonchev–Trinajstić information content (AvgIpc) is 3.93. The predicted molar refractivity (Wildman–Crippen MR) is 236 cm³/mol. The maximum Gasteiger partial charge on any atom is 0.271 e. The molecule has 2 fully saturated rings. The number of aliphatic hydroxyl groups is 1. The molecule has 0 aliphatic carbocycles. The van der Waals surface area contributed by atoms with E-state index >= 15 is 0 Å². The quantitative estimate of drug-likeness (QED) is 0.0500. The minimum Gasteiger partial charge on any atom is -0.391 e. The highest BCUT2D eigenvalue weighted by molar-refractivity contribution is 5.99. The Kier molecular flexibility index (Phi) is 17.5. The van der Waals surface area contributed by atoms with Crippen LogP contribution in [0.3, 0.4) is 0 Å². The summed E-state index contributed by atoms with van der Waals surface area (Å²) in [6.45, 7) is 5.53. The second-order valence-corrected chi connectivity index (χ2v) is 16.6. The Hall–Kier alpha value is -6.64. The molecule has 0 saturated carbocycles. The number of fused-ring (bicyclic) bond motifs is 2. The summed E-state index contributed by atoms with van der Waals surface area (Å²) < 4.78 is 0. The van der Waals surface area contributed by atoms with Crippen LogP contribution in [0.4, 0.5) is 0 Å². The van der Waals surface area contributed by atoms with Crippen molar-refractivity contribution in [3.8, 4) is 0 Å². The molecule has 12 N–H and O–H groups in total. The van der Waals surface area contributed by atoms with Gasteiger partial charge < -0.3 is 58.4 Å². The van der Waals surface area contributed by atoms with Crippen LogP contribution in [0, 0.1) is 5.92 Å². The predicted octanol–water partition coefficient (Wildman–Crippen LogP) is -0.990. The maximum atomic E-state index is 14.7. The van der Waals surface area contributed by atoms with Gasteiger partial charge in [-0.05, 0) is 75.8 Å². The Morgan fingerprint density at radius 3 is 2.17 bits per heavy atom. The van der Waals surface area contributed by atoms with Gasteiger partial charge in [-0.25, -0.2) is 4.98 Å². The lowest BCUT2D eigenvalue weighted by Gasteiger charge is -2.32. The lowest BCUT2D eigenvalue weighted by atomic mass is 10.0. The van der Waals surface area contributed by atoms with Gasteiger partial charge in [0.1, 0.15) is 41.9 Å². The molecule has 3 aromatic rings. The molecule has 0 radical (unpaired) electrons. The van der Waals surface area contributed by atoms with Crippen LogP contribution in [0.2, 0.25) is 0 Å². The van der Waals surface area contributed by atoms with Gasteiger partial charge in [-0.15, -0.1) is 0 Å². The fraction of sp³-hybridized carbons (Fsp3) is 0.535. The molecule has 346 valence electrons. The minimum absolute atomic E-state index is 0.00575. The van der Waals surface area contributed by atoms with Gasteiger partial charge in [-0.2, -0.15) is 0 Å². The molecule has 21 nitrogen and oxygen atoms in total. The van der Waals surface area contributed by atoms with Crippen molar-refractivity contribution in [2.24, 2.45) is 22.4 Å². The van der Waals surface area contributed by atoms with Crippen LogP contribution in [0.5, 0.6) is 0 Å². The van der Waals surface area contributed by atoms with Crippen molar-refractivity contribution in [3.63, 3.8) is 0 Å². The van der Waals surface area contributed by atoms with E-state index in [1.807, 2.05) is 38.1 Å². The number of nitrogens with zero attached hydrogens (tertiary/aromatic N) is 4. The highest BCUT2D eigenvalue weighted by Gasteiger charge is 2.41. The first-order valence-corrected chi connectivity index (χ1v) is 21.8. The van der Waals surface area contributed by atoms with Crippen LogP contribution in [-0.4, -0.2) is 134 Å². The van der Waals surface area contributed by atoms with E-state index in [9.17, 15) is 38.7 Å². The number of carbonyl (C=O) groups excluding carboxylic acids is 7. The molecule has 21 heteroatoms. The second kappa shape index (κ2) is 23.2. The number of H-pyrrole nitrogens is 1. The largest absolute Gasteiger partial charge is 0.391 e. The number of aliphatic imine (C=N–C) groups is 1. The first kappa shape index (κ1) is 48.4. The summed E-state index contributed by atoms with van der Waals surface area (Å²) in [5.74, 6) is -4.85. The first-order valence-electron chi connectivity index (χ1n) is 21.8. The molecule has 4 heterocycles. The molecule has 2 aromatic heterocycles. The van der Waals surface area contributed by atoms with Crippen molar-refractivity contribution in [1.82, 2.24) is 51.8 Å². The third-order valence-corrected chi connectivity index (χ3v) is 11.2. The Morgan fingerprint density at radius 1 is 0.859 bits per heavy atom. The third kappa shape index (κ3) is 13.4. The van der Waals surface area contributed by atoms with Crippen molar-refractivity contribution in [3.05, 3.63) is 60.3 Å². The number of carbonyl (C=O) groups is 7. The van der Waals surface area contributed by atoms with Crippen molar-refractivity contribution in [1.29, 1.82) is 0 Å². The summed E-state index contributed by atoms with van der Waals surface area (Å²) in [6, 6.07) is -0.154. The second-order valence-electron chi connectivity index (χ2n) is 16.6. The average molecular weight is 888 g/mol. The van der Waals surface area contributed by atoms with E-state index in [1.54, 1.807) is 6.20 Å². The van der Waals surface area contributed by atoms with Gasteiger partial charge >= 0.3 is 0 Å². The number of hydrogen-bond donors (Lipinski definition) is 10. The zero-order chi connectivity index (χ0) is 46.3. The van der Waals surface area contributed by atoms with E-state index in [1.165, 1.54) is 30.4 Å². The normalized spacial score (nSPS) is 23.2. The summed E-state index contributed by atoms with van der Waals surface area (Å²) >= 11 is 0. The van der Waals surface area contributed by atoms with E-state index in [0.717, 1.165) is 10.9 Å². The van der Waals surface area contributed by atoms with E-state index in [-0.39, 0.29) is 82.2 Å². The van der Waals surface area contributed by atoms with Gasteiger partial charge in [0, 0.05) is 55.5 Å². The fourth-order valence-electron chi connectivity index (χ4n) is 7.78. The van der Waals surface area contributed by atoms with Gasteiger partial charge in [0.05, 0.1) is 12.3 Å². The number of aromatic nitrogens is 3. The van der Waals surface area contributed by atoms with E-state index in [4.69, 9.17) is 11.5 Å². The Bertz CT molecular complexity index is 2140. The van der Waals surface area contributed by atoms with Crippen molar-refractivity contribution >= 4 is 58.2 Å².